The first-order valence-electron chi connectivity index (χ1n) is 4.79. The second-order valence-electron chi connectivity index (χ2n) is 3.38. The maximum atomic E-state index is 11.1. The lowest BCUT2D eigenvalue weighted by molar-refractivity contribution is -0.122. The summed E-state index contributed by atoms with van der Waals surface area (Å²) < 4.78 is 1.59. The highest BCUT2D eigenvalue weighted by atomic mass is 16.4. The summed E-state index contributed by atoms with van der Waals surface area (Å²) in [6.07, 6.45) is 2.81. The third-order valence-electron chi connectivity index (χ3n) is 1.94. The van der Waals surface area contributed by atoms with Crippen LogP contribution in [-0.4, -0.2) is 39.1 Å². The normalized spacial score (nSPS) is 12.1. The fraction of sp³-hybridized carbons (Fsp3) is 0.444. The molecule has 1 atom stereocenters. The fourth-order valence-electron chi connectivity index (χ4n) is 1.06. The van der Waals surface area contributed by atoms with Crippen molar-refractivity contribution in [3.8, 4) is 0 Å². The van der Waals surface area contributed by atoms with E-state index in [1.807, 2.05) is 0 Å². The molecule has 1 aromatic heterocycles. The van der Waals surface area contributed by atoms with Gasteiger partial charge < -0.3 is 20.7 Å². The molecule has 0 saturated heterocycles. The molecule has 1 amide bonds. The quantitative estimate of drug-likeness (QED) is 0.599. The molecular weight excluding hydrogens is 212 g/mol. The number of carboxylic acid groups (broad SMARTS) is 1. The van der Waals surface area contributed by atoms with E-state index >= 15 is 0 Å². The number of hydrogen-bond donors (Lipinski definition) is 3. The first kappa shape index (κ1) is 12.2. The van der Waals surface area contributed by atoms with Gasteiger partial charge in [-0.15, -0.1) is 0 Å². The molecule has 0 aliphatic heterocycles. The molecule has 1 heterocycles. The second kappa shape index (κ2) is 5.26. The van der Waals surface area contributed by atoms with E-state index < -0.39 is 12.0 Å². The number of carbonyl (C=O) groups excluding carboxylic acids is 1. The molecule has 0 aliphatic rings. The predicted molar refractivity (Wildman–Crippen MR) is 55.8 cm³/mol. The van der Waals surface area contributed by atoms with Crippen LogP contribution < -0.4 is 11.1 Å². The number of rotatable bonds is 5. The Labute approximate surface area is 92.3 Å². The SMILES string of the molecule is CC(N)C(=O)NCCn1cnc(C(=O)O)c1. The predicted octanol–water partition coefficient (Wildman–Crippen LogP) is -0.955. The molecule has 0 radical (unpaired) electrons. The van der Waals surface area contributed by atoms with Crippen LogP contribution in [0.4, 0.5) is 0 Å². The summed E-state index contributed by atoms with van der Waals surface area (Å²) in [6, 6.07) is -0.544. The van der Waals surface area contributed by atoms with E-state index in [1.165, 1.54) is 12.5 Å². The van der Waals surface area contributed by atoms with Crippen molar-refractivity contribution in [1.82, 2.24) is 14.9 Å². The maximum absolute atomic E-state index is 11.1. The Morgan fingerprint density at radius 2 is 2.38 bits per heavy atom. The molecule has 4 N–H and O–H groups in total. The van der Waals surface area contributed by atoms with Crippen molar-refractivity contribution < 1.29 is 14.7 Å². The average molecular weight is 226 g/mol. The molecule has 1 aromatic rings. The fourth-order valence-corrected chi connectivity index (χ4v) is 1.06. The number of nitrogens with one attached hydrogen (secondary N) is 1. The van der Waals surface area contributed by atoms with Crippen LogP contribution in [0.2, 0.25) is 0 Å². The summed E-state index contributed by atoms with van der Waals surface area (Å²) in [5.74, 6) is -1.31. The van der Waals surface area contributed by atoms with Gasteiger partial charge in [0.15, 0.2) is 5.69 Å². The average Bonchev–Trinajstić information content (AvgIpc) is 2.66. The van der Waals surface area contributed by atoms with Crippen molar-refractivity contribution in [1.29, 1.82) is 0 Å². The molecule has 1 rings (SSSR count). The van der Waals surface area contributed by atoms with Crippen LogP contribution in [0.15, 0.2) is 12.5 Å². The Balaban J connectivity index is 2.37. The maximum Gasteiger partial charge on any atom is 0.356 e. The van der Waals surface area contributed by atoms with Crippen LogP contribution in [0.1, 0.15) is 17.4 Å². The van der Waals surface area contributed by atoms with Gasteiger partial charge in [0.1, 0.15) is 0 Å². The summed E-state index contributed by atoms with van der Waals surface area (Å²) in [7, 11) is 0. The molecule has 0 spiro atoms. The third kappa shape index (κ3) is 3.35. The van der Waals surface area contributed by atoms with Crippen molar-refractivity contribution >= 4 is 11.9 Å². The van der Waals surface area contributed by atoms with Crippen molar-refractivity contribution in [3.63, 3.8) is 0 Å². The lowest BCUT2D eigenvalue weighted by Crippen LogP contribution is -2.39. The Hall–Kier alpha value is -1.89. The van der Waals surface area contributed by atoms with Gasteiger partial charge >= 0.3 is 5.97 Å². The highest BCUT2D eigenvalue weighted by molar-refractivity contribution is 5.84. The molecule has 0 fully saturated rings. The van der Waals surface area contributed by atoms with E-state index in [0.717, 1.165) is 0 Å². The minimum Gasteiger partial charge on any atom is -0.476 e. The molecule has 0 aliphatic carbocycles. The number of hydrogen-bond acceptors (Lipinski definition) is 4. The molecule has 88 valence electrons. The molecular formula is C9H14N4O3. The van der Waals surface area contributed by atoms with Crippen molar-refractivity contribution in [2.45, 2.75) is 19.5 Å². The number of aromatic nitrogens is 2. The monoisotopic (exact) mass is 226 g/mol. The minimum absolute atomic E-state index is 0.0153. The van der Waals surface area contributed by atoms with Crippen molar-refractivity contribution in [2.75, 3.05) is 6.54 Å². The highest BCUT2D eigenvalue weighted by Crippen LogP contribution is 1.95. The van der Waals surface area contributed by atoms with Crippen molar-refractivity contribution in [2.24, 2.45) is 5.73 Å². The van der Waals surface area contributed by atoms with Gasteiger partial charge in [-0.2, -0.15) is 0 Å². The lowest BCUT2D eigenvalue weighted by atomic mass is 10.3. The molecule has 0 aromatic carbocycles. The van der Waals surface area contributed by atoms with Crippen LogP contribution in [0, 0.1) is 0 Å². The number of imidazole rings is 1. The van der Waals surface area contributed by atoms with Gasteiger partial charge in [0.05, 0.1) is 12.4 Å². The van der Waals surface area contributed by atoms with E-state index in [9.17, 15) is 9.59 Å². The summed E-state index contributed by atoms with van der Waals surface area (Å²) in [5, 5.41) is 11.2. The lowest BCUT2D eigenvalue weighted by Gasteiger charge is -2.07. The van der Waals surface area contributed by atoms with Gasteiger partial charge in [0, 0.05) is 19.3 Å². The zero-order valence-corrected chi connectivity index (χ0v) is 8.88. The Bertz CT molecular complexity index is 386. The standard InChI is InChI=1S/C9H14N4O3/c1-6(10)8(14)11-2-3-13-4-7(9(15)16)12-5-13/h4-6H,2-3,10H2,1H3,(H,11,14)(H,15,16). The van der Waals surface area contributed by atoms with Gasteiger partial charge in [-0.05, 0) is 6.92 Å². The van der Waals surface area contributed by atoms with E-state index in [2.05, 4.69) is 10.3 Å². The molecule has 1 unspecified atom stereocenters. The summed E-state index contributed by atoms with van der Waals surface area (Å²) in [6.45, 7) is 2.43. The second-order valence-corrected chi connectivity index (χ2v) is 3.38. The molecule has 7 nitrogen and oxygen atoms in total. The number of carbonyl (C=O) groups is 2. The molecule has 16 heavy (non-hydrogen) atoms. The zero-order valence-electron chi connectivity index (χ0n) is 8.88. The zero-order chi connectivity index (χ0) is 12.1. The van der Waals surface area contributed by atoms with Gasteiger partial charge in [0.25, 0.3) is 0 Å². The van der Waals surface area contributed by atoms with Gasteiger partial charge in [-0.3, -0.25) is 4.79 Å². The number of aromatic carboxylic acids is 1. The van der Waals surface area contributed by atoms with E-state index in [4.69, 9.17) is 10.8 Å². The Morgan fingerprint density at radius 1 is 1.69 bits per heavy atom. The van der Waals surface area contributed by atoms with Gasteiger partial charge in [0.2, 0.25) is 5.91 Å². The summed E-state index contributed by atoms with van der Waals surface area (Å²) in [4.78, 5) is 25.3. The number of nitrogens with two attached hydrogens (primary N) is 1. The highest BCUT2D eigenvalue weighted by Gasteiger charge is 2.07. The number of amides is 1. The molecule has 0 bridgehead atoms. The molecule has 0 saturated carbocycles. The van der Waals surface area contributed by atoms with E-state index in [0.29, 0.717) is 13.1 Å². The molecule has 7 heteroatoms. The van der Waals surface area contributed by atoms with E-state index in [1.54, 1.807) is 11.5 Å². The Morgan fingerprint density at radius 3 is 2.88 bits per heavy atom. The third-order valence-corrected chi connectivity index (χ3v) is 1.94. The minimum atomic E-state index is -1.07. The van der Waals surface area contributed by atoms with Crippen LogP contribution in [-0.2, 0) is 11.3 Å². The van der Waals surface area contributed by atoms with Crippen LogP contribution in [0.5, 0.6) is 0 Å². The number of nitrogens with zero attached hydrogens (tertiary/aromatic N) is 2. The Kier molecular flexibility index (Phi) is 4.01. The van der Waals surface area contributed by atoms with Crippen molar-refractivity contribution in [3.05, 3.63) is 18.2 Å². The number of carboxylic acids is 1. The summed E-state index contributed by atoms with van der Waals surface area (Å²) in [5.41, 5.74) is 5.34. The van der Waals surface area contributed by atoms with Crippen LogP contribution in [0.25, 0.3) is 0 Å². The first-order chi connectivity index (χ1) is 7.50. The van der Waals surface area contributed by atoms with Gasteiger partial charge in [-0.1, -0.05) is 0 Å². The van der Waals surface area contributed by atoms with E-state index in [-0.39, 0.29) is 11.6 Å². The largest absolute Gasteiger partial charge is 0.476 e. The smallest absolute Gasteiger partial charge is 0.356 e. The topological polar surface area (TPSA) is 110 Å². The summed E-state index contributed by atoms with van der Waals surface area (Å²) >= 11 is 0. The van der Waals surface area contributed by atoms with Crippen LogP contribution >= 0.6 is 0 Å². The first-order valence-corrected chi connectivity index (χ1v) is 4.79. The van der Waals surface area contributed by atoms with Crippen LogP contribution in [0.3, 0.4) is 0 Å². The van der Waals surface area contributed by atoms with Gasteiger partial charge in [-0.25, -0.2) is 9.78 Å².